The molecule has 0 saturated heterocycles. The third-order valence-corrected chi connectivity index (χ3v) is 3.93. The van der Waals surface area contributed by atoms with Crippen molar-refractivity contribution in [2.45, 2.75) is 40.6 Å². The van der Waals surface area contributed by atoms with Crippen molar-refractivity contribution in [3.05, 3.63) is 103 Å². The molecule has 0 saturated carbocycles. The molecule has 0 aliphatic rings. The molecule has 178 valence electrons. The van der Waals surface area contributed by atoms with Crippen LogP contribution in [-0.4, -0.2) is 30.4 Å². The first-order valence-corrected chi connectivity index (χ1v) is 10.6. The quantitative estimate of drug-likeness (QED) is 0.200. The number of hydrogen-bond acceptors (Lipinski definition) is 5. The molecule has 33 heavy (non-hydrogen) atoms. The van der Waals surface area contributed by atoms with E-state index in [1.165, 1.54) is 16.7 Å². The number of hydrogen-bond donors (Lipinski definition) is 3. The summed E-state index contributed by atoms with van der Waals surface area (Å²) < 4.78 is 15.7. The molecule has 0 bridgehead atoms. The van der Waals surface area contributed by atoms with Gasteiger partial charge in [-0.15, -0.1) is 13.2 Å². The lowest BCUT2D eigenvalue weighted by atomic mass is 10.0. The standard InChI is InChI=1S/C20H18FN3O3.2C2H6.C2H4/c1-3-13(4-2)18(14-8-6-5-7-9-14)22-15-10-16(21)19-23-17(20(25,26)27)12-24(19)11-15;3*1-2/h3-12,25-27H,1H2,2H3;2*1-2H3;1-2H2/b13-4+,22-18?;;;. The van der Waals surface area contributed by atoms with Gasteiger partial charge in [0.15, 0.2) is 11.5 Å². The van der Waals surface area contributed by atoms with Crippen LogP contribution in [0.4, 0.5) is 10.1 Å². The Bertz CT molecular complexity index is 1070. The molecule has 6 nitrogen and oxygen atoms in total. The monoisotopic (exact) mass is 455 g/mol. The lowest BCUT2D eigenvalue weighted by molar-refractivity contribution is -0.326. The molecule has 0 unspecified atom stereocenters. The number of benzene rings is 1. The smallest absolute Gasteiger partial charge is 0.323 e. The highest BCUT2D eigenvalue weighted by atomic mass is 19.1. The Balaban J connectivity index is 0.00000158. The van der Waals surface area contributed by atoms with E-state index in [4.69, 9.17) is 0 Å². The number of rotatable bonds is 5. The number of aliphatic hydroxyl groups is 3. The molecule has 0 fully saturated rings. The van der Waals surface area contributed by atoms with Crippen molar-refractivity contribution in [1.82, 2.24) is 9.38 Å². The fraction of sp³-hybridized carbons (Fsp3) is 0.231. The predicted octanol–water partition coefficient (Wildman–Crippen LogP) is 5.67. The van der Waals surface area contributed by atoms with Crippen LogP contribution >= 0.6 is 0 Å². The fourth-order valence-electron chi connectivity index (χ4n) is 2.64. The lowest BCUT2D eigenvalue weighted by Crippen LogP contribution is -2.24. The lowest BCUT2D eigenvalue weighted by Gasteiger charge is -2.09. The SMILES string of the molecule is C=C.C=C/C(=C\C)C(=Nc1cc(F)c2nc(C(O)(O)O)cn2c1)c1ccccc1.CC.CC. The van der Waals surface area contributed by atoms with E-state index in [0.29, 0.717) is 5.71 Å². The van der Waals surface area contributed by atoms with Gasteiger partial charge in [0.2, 0.25) is 0 Å². The van der Waals surface area contributed by atoms with Crippen LogP contribution in [0.3, 0.4) is 0 Å². The second-order valence-corrected chi connectivity index (χ2v) is 5.81. The second kappa shape index (κ2) is 14.6. The van der Waals surface area contributed by atoms with Crippen molar-refractivity contribution in [2.24, 2.45) is 4.99 Å². The van der Waals surface area contributed by atoms with Crippen LogP contribution in [0, 0.1) is 5.82 Å². The van der Waals surface area contributed by atoms with E-state index in [2.05, 4.69) is 29.7 Å². The van der Waals surface area contributed by atoms with Gasteiger partial charge in [0.05, 0.1) is 11.4 Å². The Hall–Kier alpha value is -3.39. The minimum Gasteiger partial charge on any atom is -0.338 e. The molecule has 2 heterocycles. The summed E-state index contributed by atoms with van der Waals surface area (Å²) in [6.45, 7) is 19.6. The number of nitrogens with zero attached hydrogens (tertiary/aromatic N) is 3. The first-order valence-electron chi connectivity index (χ1n) is 10.6. The summed E-state index contributed by atoms with van der Waals surface area (Å²) in [6, 6.07) is 10.6. The van der Waals surface area contributed by atoms with Gasteiger partial charge in [0.25, 0.3) is 0 Å². The van der Waals surface area contributed by atoms with Crippen LogP contribution in [0.25, 0.3) is 5.65 Å². The molecule has 1 aromatic carbocycles. The summed E-state index contributed by atoms with van der Waals surface area (Å²) in [5.41, 5.74) is 1.83. The first kappa shape index (κ1) is 29.6. The van der Waals surface area contributed by atoms with Crippen LogP contribution in [0.15, 0.2) is 91.2 Å². The molecule has 3 rings (SSSR count). The van der Waals surface area contributed by atoms with E-state index in [1.54, 1.807) is 6.08 Å². The summed E-state index contributed by atoms with van der Waals surface area (Å²) in [4.78, 5) is 8.25. The number of pyridine rings is 1. The number of aromatic nitrogens is 2. The highest BCUT2D eigenvalue weighted by Crippen LogP contribution is 2.23. The van der Waals surface area contributed by atoms with E-state index in [1.807, 2.05) is 71.0 Å². The Morgan fingerprint density at radius 2 is 1.64 bits per heavy atom. The minimum atomic E-state index is -3.15. The Labute approximate surface area is 195 Å². The molecular formula is C26H34FN3O3. The van der Waals surface area contributed by atoms with E-state index < -0.39 is 17.5 Å². The van der Waals surface area contributed by atoms with Crippen molar-refractivity contribution in [2.75, 3.05) is 0 Å². The molecule has 7 heteroatoms. The Kier molecular flexibility index (Phi) is 13.1. The van der Waals surface area contributed by atoms with Gasteiger partial charge in [-0.25, -0.2) is 14.4 Å². The first-order chi connectivity index (χ1) is 15.8. The summed E-state index contributed by atoms with van der Waals surface area (Å²) in [6.07, 6.45) is 6.10. The molecule has 2 aromatic heterocycles. The third kappa shape index (κ3) is 7.91. The highest BCUT2D eigenvalue weighted by Gasteiger charge is 2.26. The average Bonchev–Trinajstić information content (AvgIpc) is 3.29. The molecule has 0 spiro atoms. The van der Waals surface area contributed by atoms with Crippen molar-refractivity contribution in [1.29, 1.82) is 0 Å². The normalized spacial score (nSPS) is 11.3. The molecule has 0 radical (unpaired) electrons. The van der Waals surface area contributed by atoms with Crippen molar-refractivity contribution in [3.8, 4) is 0 Å². The number of imidazole rings is 1. The van der Waals surface area contributed by atoms with Gasteiger partial charge in [-0.2, -0.15) is 0 Å². The van der Waals surface area contributed by atoms with Gasteiger partial charge in [-0.3, -0.25) is 0 Å². The molecule has 0 aliphatic carbocycles. The van der Waals surface area contributed by atoms with E-state index in [0.717, 1.165) is 17.3 Å². The zero-order valence-corrected chi connectivity index (χ0v) is 20.0. The molecule has 0 amide bonds. The van der Waals surface area contributed by atoms with E-state index >= 15 is 0 Å². The molecule has 3 N–H and O–H groups in total. The Morgan fingerprint density at radius 1 is 1.06 bits per heavy atom. The van der Waals surface area contributed by atoms with E-state index in [9.17, 15) is 19.7 Å². The maximum atomic E-state index is 14.4. The van der Waals surface area contributed by atoms with Crippen molar-refractivity contribution in [3.63, 3.8) is 0 Å². The summed E-state index contributed by atoms with van der Waals surface area (Å²) in [5, 5.41) is 27.7. The molecule has 3 aromatic rings. The van der Waals surface area contributed by atoms with Crippen LogP contribution in [0.2, 0.25) is 0 Å². The van der Waals surface area contributed by atoms with Gasteiger partial charge in [0.1, 0.15) is 5.69 Å². The van der Waals surface area contributed by atoms with Crippen molar-refractivity contribution >= 4 is 17.0 Å². The predicted molar refractivity (Wildman–Crippen MR) is 134 cm³/mol. The number of halogens is 1. The number of aliphatic imine (C=N–C) groups is 1. The van der Waals surface area contributed by atoms with Gasteiger partial charge in [0, 0.05) is 24.0 Å². The molecule has 0 aliphatic heterocycles. The minimum absolute atomic E-state index is 0.165. The molecule has 0 atom stereocenters. The van der Waals surface area contributed by atoms with Crippen LogP contribution in [0.5, 0.6) is 0 Å². The van der Waals surface area contributed by atoms with Gasteiger partial charge in [-0.1, -0.05) is 76.8 Å². The van der Waals surface area contributed by atoms with Crippen molar-refractivity contribution < 1.29 is 19.7 Å². The van der Waals surface area contributed by atoms with Gasteiger partial charge >= 0.3 is 5.97 Å². The van der Waals surface area contributed by atoms with Crippen LogP contribution in [0.1, 0.15) is 45.9 Å². The summed E-state index contributed by atoms with van der Waals surface area (Å²) >= 11 is 0. The summed E-state index contributed by atoms with van der Waals surface area (Å²) in [5.74, 6) is -3.88. The topological polar surface area (TPSA) is 90.4 Å². The van der Waals surface area contributed by atoms with Crippen LogP contribution in [-0.2, 0) is 5.97 Å². The maximum absolute atomic E-state index is 14.4. The third-order valence-electron chi connectivity index (χ3n) is 3.93. The zero-order chi connectivity index (χ0) is 25.6. The average molecular weight is 456 g/mol. The van der Waals surface area contributed by atoms with Gasteiger partial charge < -0.3 is 19.7 Å². The molecular weight excluding hydrogens is 421 g/mol. The highest BCUT2D eigenvalue weighted by molar-refractivity contribution is 6.15. The van der Waals surface area contributed by atoms with E-state index in [-0.39, 0.29) is 11.3 Å². The Morgan fingerprint density at radius 3 is 2.12 bits per heavy atom. The second-order valence-electron chi connectivity index (χ2n) is 5.81. The maximum Gasteiger partial charge on any atom is 0.323 e. The van der Waals surface area contributed by atoms with Gasteiger partial charge in [-0.05, 0) is 12.5 Å². The van der Waals surface area contributed by atoms with Crippen LogP contribution < -0.4 is 0 Å². The zero-order valence-electron chi connectivity index (χ0n) is 20.0. The fourth-order valence-corrected chi connectivity index (χ4v) is 2.64. The number of allylic oxidation sites excluding steroid dienone is 3. The largest absolute Gasteiger partial charge is 0.338 e. The summed E-state index contributed by atoms with van der Waals surface area (Å²) in [7, 11) is 0. The number of fused-ring (bicyclic) bond motifs is 1.